The molecule has 0 radical (unpaired) electrons. The first-order valence-electron chi connectivity index (χ1n) is 11.5. The summed E-state index contributed by atoms with van der Waals surface area (Å²) in [7, 11) is 0. The van der Waals surface area contributed by atoms with E-state index in [0.717, 1.165) is 57.2 Å². The van der Waals surface area contributed by atoms with Crippen LogP contribution in [0.5, 0.6) is 5.75 Å². The fourth-order valence-corrected chi connectivity index (χ4v) is 4.94. The van der Waals surface area contributed by atoms with Gasteiger partial charge in [0, 0.05) is 51.6 Å². The molecule has 0 saturated carbocycles. The number of para-hydroxylation sites is 2. The lowest BCUT2D eigenvalue weighted by atomic mass is 10.1. The molecule has 32 heavy (non-hydrogen) atoms. The first-order valence-corrected chi connectivity index (χ1v) is 11.5. The third-order valence-corrected chi connectivity index (χ3v) is 6.61. The molecule has 3 heterocycles. The summed E-state index contributed by atoms with van der Waals surface area (Å²) in [6, 6.07) is 13.9. The van der Waals surface area contributed by atoms with E-state index < -0.39 is 0 Å². The molecule has 1 N–H and O–H groups in total. The summed E-state index contributed by atoms with van der Waals surface area (Å²) in [5, 5.41) is 2.92. The van der Waals surface area contributed by atoms with E-state index in [1.165, 1.54) is 11.1 Å². The fourth-order valence-electron chi connectivity index (χ4n) is 4.94. The lowest BCUT2D eigenvalue weighted by molar-refractivity contribution is -0.120. The normalized spacial score (nSPS) is 21.3. The van der Waals surface area contributed by atoms with Crippen molar-refractivity contribution in [1.29, 1.82) is 0 Å². The number of carbonyl (C=O) groups excluding carboxylic acids is 2. The van der Waals surface area contributed by atoms with Gasteiger partial charge in [-0.2, -0.15) is 0 Å². The minimum atomic E-state index is -0.170. The summed E-state index contributed by atoms with van der Waals surface area (Å²) in [6.45, 7) is 7.63. The van der Waals surface area contributed by atoms with Crippen LogP contribution in [0.25, 0.3) is 0 Å². The molecule has 7 heteroatoms. The number of carbonyl (C=O) groups is 2. The number of ether oxygens (including phenoxy) is 1. The molecule has 2 aromatic rings. The molecule has 3 aliphatic heterocycles. The maximum absolute atomic E-state index is 13.3. The smallest absolute Gasteiger partial charge is 0.241 e. The number of hydrogen-bond donors (Lipinski definition) is 1. The number of fused-ring (bicyclic) bond motifs is 2. The van der Waals surface area contributed by atoms with Gasteiger partial charge in [0.15, 0.2) is 0 Å². The van der Waals surface area contributed by atoms with Crippen molar-refractivity contribution in [3.8, 4) is 5.75 Å². The predicted octanol–water partition coefficient (Wildman–Crippen LogP) is 2.50. The number of hydrogen-bond acceptors (Lipinski definition) is 5. The number of nitrogens with one attached hydrogen (secondary N) is 1. The van der Waals surface area contributed by atoms with Crippen molar-refractivity contribution < 1.29 is 14.3 Å². The number of piperazine rings is 1. The fraction of sp³-hybridized carbons (Fsp3) is 0.440. The van der Waals surface area contributed by atoms with Gasteiger partial charge in [0.05, 0.1) is 24.5 Å². The molecule has 2 aromatic carbocycles. The van der Waals surface area contributed by atoms with E-state index >= 15 is 0 Å². The van der Waals surface area contributed by atoms with Gasteiger partial charge in [0.25, 0.3) is 0 Å². The molecule has 0 bridgehead atoms. The molecule has 0 aliphatic carbocycles. The van der Waals surface area contributed by atoms with Gasteiger partial charge in [-0.05, 0) is 36.2 Å². The van der Waals surface area contributed by atoms with Crippen molar-refractivity contribution in [1.82, 2.24) is 9.80 Å². The molecular weight excluding hydrogens is 404 g/mol. The Morgan fingerprint density at radius 3 is 2.72 bits per heavy atom. The van der Waals surface area contributed by atoms with Gasteiger partial charge in [-0.25, -0.2) is 0 Å². The van der Waals surface area contributed by atoms with Crippen molar-refractivity contribution in [3.05, 3.63) is 53.6 Å². The van der Waals surface area contributed by atoms with Crippen molar-refractivity contribution in [2.75, 3.05) is 49.5 Å². The largest absolute Gasteiger partial charge is 0.493 e. The second kappa shape index (κ2) is 8.92. The van der Waals surface area contributed by atoms with Crippen LogP contribution in [-0.2, 0) is 22.6 Å². The second-order valence-electron chi connectivity index (χ2n) is 8.98. The molecule has 1 unspecified atom stereocenters. The summed E-state index contributed by atoms with van der Waals surface area (Å²) in [6.07, 6.45) is 1.30. The Hall–Kier alpha value is -2.90. The predicted molar refractivity (Wildman–Crippen MR) is 124 cm³/mol. The quantitative estimate of drug-likeness (QED) is 0.801. The van der Waals surface area contributed by atoms with Gasteiger partial charge in [0.1, 0.15) is 5.75 Å². The molecular formula is C25H30N4O3. The molecule has 1 fully saturated rings. The molecule has 5 rings (SSSR count). The van der Waals surface area contributed by atoms with Crippen LogP contribution < -0.4 is 15.0 Å². The maximum atomic E-state index is 13.3. The maximum Gasteiger partial charge on any atom is 0.241 e. The van der Waals surface area contributed by atoms with Crippen molar-refractivity contribution in [2.45, 2.75) is 32.4 Å². The van der Waals surface area contributed by atoms with Crippen LogP contribution in [0.15, 0.2) is 42.5 Å². The Labute approximate surface area is 188 Å². The number of anilines is 2. The zero-order chi connectivity index (χ0) is 22.1. The van der Waals surface area contributed by atoms with Gasteiger partial charge in [-0.1, -0.05) is 24.3 Å². The third-order valence-electron chi connectivity index (χ3n) is 6.61. The Morgan fingerprint density at radius 2 is 1.88 bits per heavy atom. The summed E-state index contributed by atoms with van der Waals surface area (Å²) in [4.78, 5) is 32.0. The van der Waals surface area contributed by atoms with Gasteiger partial charge in [0.2, 0.25) is 11.8 Å². The number of benzene rings is 2. The topological polar surface area (TPSA) is 65.1 Å². The van der Waals surface area contributed by atoms with Crippen LogP contribution in [0.3, 0.4) is 0 Å². The Morgan fingerprint density at radius 1 is 1.09 bits per heavy atom. The molecule has 0 spiro atoms. The van der Waals surface area contributed by atoms with E-state index in [2.05, 4.69) is 33.3 Å². The highest BCUT2D eigenvalue weighted by molar-refractivity contribution is 6.04. The summed E-state index contributed by atoms with van der Waals surface area (Å²) in [5.74, 6) is 1.03. The van der Waals surface area contributed by atoms with Crippen molar-refractivity contribution >= 4 is 23.2 Å². The minimum Gasteiger partial charge on any atom is -0.493 e. The minimum absolute atomic E-state index is 0.0491. The van der Waals surface area contributed by atoms with Gasteiger partial charge in [-0.3, -0.25) is 19.4 Å². The van der Waals surface area contributed by atoms with Crippen LogP contribution >= 0.6 is 0 Å². The van der Waals surface area contributed by atoms with E-state index in [1.807, 2.05) is 31.2 Å². The first kappa shape index (κ1) is 21.0. The summed E-state index contributed by atoms with van der Waals surface area (Å²) in [5.41, 5.74) is 4.13. The lowest BCUT2D eigenvalue weighted by Gasteiger charge is -2.36. The Bertz CT molecular complexity index is 1020. The highest BCUT2D eigenvalue weighted by Crippen LogP contribution is 2.31. The van der Waals surface area contributed by atoms with Crippen molar-refractivity contribution in [3.63, 3.8) is 0 Å². The molecule has 1 saturated heterocycles. The summed E-state index contributed by atoms with van der Waals surface area (Å²) >= 11 is 0. The second-order valence-corrected chi connectivity index (χ2v) is 8.98. The van der Waals surface area contributed by atoms with Gasteiger partial charge in [-0.15, -0.1) is 0 Å². The third kappa shape index (κ3) is 4.36. The molecule has 3 aliphatic rings. The van der Waals surface area contributed by atoms with E-state index in [0.29, 0.717) is 18.7 Å². The van der Waals surface area contributed by atoms with Crippen LogP contribution in [0.4, 0.5) is 11.4 Å². The SMILES string of the molecule is CC1CC(=O)Nc2ccccc2N1C(=O)CN1CCN(Cc2ccc3c(c2)CCO3)CC1. The van der Waals surface area contributed by atoms with E-state index in [9.17, 15) is 9.59 Å². The van der Waals surface area contributed by atoms with Crippen LogP contribution in [0, 0.1) is 0 Å². The molecule has 0 aromatic heterocycles. The molecule has 168 valence electrons. The average Bonchev–Trinajstić information content (AvgIpc) is 3.19. The molecule has 7 nitrogen and oxygen atoms in total. The average molecular weight is 435 g/mol. The number of rotatable bonds is 4. The van der Waals surface area contributed by atoms with Crippen LogP contribution in [0.1, 0.15) is 24.5 Å². The van der Waals surface area contributed by atoms with Gasteiger partial charge < -0.3 is 15.0 Å². The number of nitrogens with zero attached hydrogens (tertiary/aromatic N) is 3. The highest BCUT2D eigenvalue weighted by Gasteiger charge is 2.31. The van der Waals surface area contributed by atoms with E-state index in [-0.39, 0.29) is 17.9 Å². The Kier molecular flexibility index (Phi) is 5.85. The monoisotopic (exact) mass is 434 g/mol. The molecule has 1 atom stereocenters. The first-order chi connectivity index (χ1) is 15.6. The van der Waals surface area contributed by atoms with Gasteiger partial charge >= 0.3 is 0 Å². The molecule has 2 amide bonds. The zero-order valence-corrected chi connectivity index (χ0v) is 18.5. The highest BCUT2D eigenvalue weighted by atomic mass is 16.5. The zero-order valence-electron chi connectivity index (χ0n) is 18.5. The van der Waals surface area contributed by atoms with Crippen LogP contribution in [-0.4, -0.2) is 67.0 Å². The lowest BCUT2D eigenvalue weighted by Crippen LogP contribution is -2.51. The standard InChI is InChI=1S/C25H30N4O3/c1-18-14-24(30)26-21-4-2-3-5-22(21)29(18)25(31)17-28-11-9-27(10-12-28)16-19-6-7-23-20(15-19)8-13-32-23/h2-7,15,18H,8-14,16-17H2,1H3,(H,26,30). The van der Waals surface area contributed by atoms with Crippen molar-refractivity contribution in [2.24, 2.45) is 0 Å². The Balaban J connectivity index is 1.19. The van der Waals surface area contributed by atoms with E-state index in [4.69, 9.17) is 4.74 Å². The summed E-state index contributed by atoms with van der Waals surface area (Å²) < 4.78 is 5.61. The van der Waals surface area contributed by atoms with E-state index in [1.54, 1.807) is 4.90 Å². The number of amides is 2. The van der Waals surface area contributed by atoms with Crippen LogP contribution in [0.2, 0.25) is 0 Å².